The van der Waals surface area contributed by atoms with Gasteiger partial charge in [0, 0.05) is 10.0 Å². The van der Waals surface area contributed by atoms with Gasteiger partial charge in [-0.2, -0.15) is 10.4 Å². The van der Waals surface area contributed by atoms with Crippen LogP contribution in [0.15, 0.2) is 52.0 Å². The first-order valence-corrected chi connectivity index (χ1v) is 7.70. The van der Waals surface area contributed by atoms with E-state index in [1.807, 2.05) is 12.1 Å². The highest BCUT2D eigenvalue weighted by molar-refractivity contribution is 9.10. The molecule has 0 saturated heterocycles. The number of halogens is 1. The number of methoxy groups -OCH3 is 1. The fourth-order valence-electron chi connectivity index (χ4n) is 1.85. The van der Waals surface area contributed by atoms with Crippen molar-refractivity contribution in [3.05, 3.63) is 58.1 Å². The van der Waals surface area contributed by atoms with E-state index >= 15 is 0 Å². The Balaban J connectivity index is 2.04. The molecule has 0 aromatic heterocycles. The Morgan fingerprint density at radius 3 is 2.88 bits per heavy atom. The molecule has 1 amide bonds. The predicted molar refractivity (Wildman–Crippen MR) is 93.3 cm³/mol. The van der Waals surface area contributed by atoms with Crippen LogP contribution in [0.4, 0.5) is 0 Å². The number of ether oxygens (including phenoxy) is 2. The number of benzene rings is 2. The summed E-state index contributed by atoms with van der Waals surface area (Å²) in [6.45, 7) is -0.0630. The predicted octanol–water partition coefficient (Wildman–Crippen LogP) is 3.12. The smallest absolute Gasteiger partial charge is 0.271 e. The number of amides is 1. The monoisotopic (exact) mass is 387 g/mol. The standard InChI is InChI=1S/C17H14BrN3O3/c1-23-16-9-12(5-6-15(16)24-8-7-19)11-20-21-17(22)13-3-2-4-14(18)10-13/h2-6,9-11H,8H2,1H3,(H,21,22). The number of carbonyl (C=O) groups is 1. The van der Waals surface area contributed by atoms with Gasteiger partial charge in [-0.3, -0.25) is 4.79 Å². The highest BCUT2D eigenvalue weighted by Gasteiger charge is 2.06. The first kappa shape index (κ1) is 17.5. The van der Waals surface area contributed by atoms with Gasteiger partial charge < -0.3 is 9.47 Å². The molecule has 0 saturated carbocycles. The quantitative estimate of drug-likeness (QED) is 0.609. The lowest BCUT2D eigenvalue weighted by molar-refractivity contribution is 0.0955. The number of nitrogens with one attached hydrogen (secondary N) is 1. The lowest BCUT2D eigenvalue weighted by atomic mass is 10.2. The Labute approximate surface area is 147 Å². The Bertz CT molecular complexity index is 800. The summed E-state index contributed by atoms with van der Waals surface area (Å²) in [6.07, 6.45) is 1.49. The van der Waals surface area contributed by atoms with Crippen LogP contribution in [0.3, 0.4) is 0 Å². The number of hydrogen-bond acceptors (Lipinski definition) is 5. The highest BCUT2D eigenvalue weighted by atomic mass is 79.9. The number of nitrogens with zero attached hydrogens (tertiary/aromatic N) is 2. The highest BCUT2D eigenvalue weighted by Crippen LogP contribution is 2.27. The molecule has 7 heteroatoms. The van der Waals surface area contributed by atoms with Crippen molar-refractivity contribution in [2.75, 3.05) is 13.7 Å². The molecule has 2 rings (SSSR count). The van der Waals surface area contributed by atoms with Crippen LogP contribution in [0.1, 0.15) is 15.9 Å². The van der Waals surface area contributed by atoms with Gasteiger partial charge >= 0.3 is 0 Å². The number of hydrazone groups is 1. The van der Waals surface area contributed by atoms with E-state index < -0.39 is 0 Å². The SMILES string of the molecule is COc1cc(C=NNC(=O)c2cccc(Br)c2)ccc1OCC#N. The number of rotatable bonds is 6. The molecule has 0 heterocycles. The molecule has 0 spiro atoms. The molecule has 1 N–H and O–H groups in total. The van der Waals surface area contributed by atoms with Crippen LogP contribution in [-0.2, 0) is 0 Å². The summed E-state index contributed by atoms with van der Waals surface area (Å²) in [4.78, 5) is 12.0. The Hall–Kier alpha value is -2.85. The molecule has 0 atom stereocenters. The van der Waals surface area contributed by atoms with Crippen molar-refractivity contribution in [1.82, 2.24) is 5.43 Å². The minimum absolute atomic E-state index is 0.0630. The van der Waals surface area contributed by atoms with Crippen molar-refractivity contribution >= 4 is 28.1 Å². The van der Waals surface area contributed by atoms with Gasteiger partial charge in [0.1, 0.15) is 6.07 Å². The molecule has 6 nitrogen and oxygen atoms in total. The summed E-state index contributed by atoms with van der Waals surface area (Å²) >= 11 is 3.31. The molecule has 24 heavy (non-hydrogen) atoms. The molecule has 0 unspecified atom stereocenters. The molecule has 0 aliphatic rings. The summed E-state index contributed by atoms with van der Waals surface area (Å²) in [6, 6.07) is 14.0. The van der Waals surface area contributed by atoms with Crippen molar-refractivity contribution in [1.29, 1.82) is 5.26 Å². The molecule has 0 fully saturated rings. The topological polar surface area (TPSA) is 83.7 Å². The van der Waals surface area contributed by atoms with Crippen molar-refractivity contribution in [2.45, 2.75) is 0 Å². The average Bonchev–Trinajstić information content (AvgIpc) is 2.60. The maximum absolute atomic E-state index is 12.0. The molecule has 0 aliphatic carbocycles. The zero-order chi connectivity index (χ0) is 17.4. The van der Waals surface area contributed by atoms with Crippen molar-refractivity contribution < 1.29 is 14.3 Å². The van der Waals surface area contributed by atoms with Gasteiger partial charge in [-0.05, 0) is 42.0 Å². The first-order chi connectivity index (χ1) is 11.6. The summed E-state index contributed by atoms with van der Waals surface area (Å²) in [5, 5.41) is 12.5. The Kier molecular flexibility index (Phi) is 6.34. The van der Waals surface area contributed by atoms with Gasteiger partial charge in [-0.25, -0.2) is 5.43 Å². The summed E-state index contributed by atoms with van der Waals surface area (Å²) in [5.74, 6) is 0.635. The van der Waals surface area contributed by atoms with E-state index in [0.29, 0.717) is 22.6 Å². The number of carbonyl (C=O) groups excluding carboxylic acids is 1. The maximum Gasteiger partial charge on any atom is 0.271 e. The van der Waals surface area contributed by atoms with Gasteiger partial charge in [-0.15, -0.1) is 0 Å². The van der Waals surface area contributed by atoms with Crippen LogP contribution in [0, 0.1) is 11.3 Å². The van der Waals surface area contributed by atoms with E-state index in [2.05, 4.69) is 26.5 Å². The molecule has 122 valence electrons. The third kappa shape index (κ3) is 4.83. The molecule has 2 aromatic rings. The van der Waals surface area contributed by atoms with Gasteiger partial charge in [0.25, 0.3) is 5.91 Å². The zero-order valence-electron chi connectivity index (χ0n) is 12.8. The Morgan fingerprint density at radius 2 is 2.17 bits per heavy atom. The average molecular weight is 388 g/mol. The van der Waals surface area contributed by atoms with Gasteiger partial charge in [-0.1, -0.05) is 22.0 Å². The van der Waals surface area contributed by atoms with Gasteiger partial charge in [0.15, 0.2) is 18.1 Å². The van der Waals surface area contributed by atoms with Crippen LogP contribution >= 0.6 is 15.9 Å². The normalized spacial score (nSPS) is 10.2. The molecule has 0 bridgehead atoms. The molecule has 0 radical (unpaired) electrons. The second-order valence-electron chi connectivity index (χ2n) is 4.57. The largest absolute Gasteiger partial charge is 0.493 e. The van der Waals surface area contributed by atoms with Crippen LogP contribution in [0.5, 0.6) is 11.5 Å². The summed E-state index contributed by atoms with van der Waals surface area (Å²) in [5.41, 5.74) is 3.67. The zero-order valence-corrected chi connectivity index (χ0v) is 14.4. The van der Waals surface area contributed by atoms with E-state index in [1.165, 1.54) is 13.3 Å². The minimum Gasteiger partial charge on any atom is -0.493 e. The third-order valence-corrected chi connectivity index (χ3v) is 3.44. The molecular formula is C17H14BrN3O3. The van der Waals surface area contributed by atoms with Crippen LogP contribution < -0.4 is 14.9 Å². The maximum atomic E-state index is 12.0. The van der Waals surface area contributed by atoms with E-state index in [-0.39, 0.29) is 12.5 Å². The lowest BCUT2D eigenvalue weighted by Crippen LogP contribution is -2.17. The fourth-order valence-corrected chi connectivity index (χ4v) is 2.25. The Morgan fingerprint density at radius 1 is 1.33 bits per heavy atom. The van der Waals surface area contributed by atoms with Crippen molar-refractivity contribution in [3.8, 4) is 17.6 Å². The second kappa shape index (κ2) is 8.70. The van der Waals surface area contributed by atoms with Crippen molar-refractivity contribution in [3.63, 3.8) is 0 Å². The second-order valence-corrected chi connectivity index (χ2v) is 5.48. The number of hydrogen-bond donors (Lipinski definition) is 1. The molecule has 2 aromatic carbocycles. The van der Waals surface area contributed by atoms with Crippen LogP contribution in [0.25, 0.3) is 0 Å². The summed E-state index contributed by atoms with van der Waals surface area (Å²) < 4.78 is 11.3. The van der Waals surface area contributed by atoms with Crippen LogP contribution in [-0.4, -0.2) is 25.8 Å². The van der Waals surface area contributed by atoms with Gasteiger partial charge in [0.2, 0.25) is 0 Å². The molecule has 0 aliphatic heterocycles. The fraction of sp³-hybridized carbons (Fsp3) is 0.118. The van der Waals surface area contributed by atoms with E-state index in [1.54, 1.807) is 36.4 Å². The van der Waals surface area contributed by atoms with Crippen LogP contribution in [0.2, 0.25) is 0 Å². The lowest BCUT2D eigenvalue weighted by Gasteiger charge is -2.08. The van der Waals surface area contributed by atoms with E-state index in [4.69, 9.17) is 14.7 Å². The number of nitriles is 1. The third-order valence-electron chi connectivity index (χ3n) is 2.95. The van der Waals surface area contributed by atoms with Crippen molar-refractivity contribution in [2.24, 2.45) is 5.10 Å². The van der Waals surface area contributed by atoms with E-state index in [9.17, 15) is 4.79 Å². The first-order valence-electron chi connectivity index (χ1n) is 6.91. The summed E-state index contributed by atoms with van der Waals surface area (Å²) in [7, 11) is 1.50. The van der Waals surface area contributed by atoms with Gasteiger partial charge in [0.05, 0.1) is 13.3 Å². The van der Waals surface area contributed by atoms with E-state index in [0.717, 1.165) is 4.47 Å². The minimum atomic E-state index is -0.312. The molecular weight excluding hydrogens is 374 g/mol.